The first-order valence-corrected chi connectivity index (χ1v) is 8.75. The predicted octanol–water partition coefficient (Wildman–Crippen LogP) is 2.78. The lowest BCUT2D eigenvalue weighted by Gasteiger charge is -2.21. The number of carbonyl (C=O) groups excluding carboxylic acids is 1. The van der Waals surface area contributed by atoms with E-state index in [-0.39, 0.29) is 30.4 Å². The molecule has 2 fully saturated rings. The van der Waals surface area contributed by atoms with Crippen molar-refractivity contribution < 1.29 is 9.72 Å². The minimum atomic E-state index is -0.433. The quantitative estimate of drug-likeness (QED) is 0.605. The van der Waals surface area contributed by atoms with Gasteiger partial charge in [-0.2, -0.15) is 0 Å². The van der Waals surface area contributed by atoms with E-state index < -0.39 is 4.92 Å². The number of nitro groups is 1. The molecule has 2 atom stereocenters. The normalized spacial score (nSPS) is 23.1. The first-order valence-electron chi connectivity index (χ1n) is 7.96. The molecule has 0 saturated carbocycles. The molecule has 8 heteroatoms. The molecule has 2 saturated heterocycles. The number of fused-ring (bicyclic) bond motifs is 1. The van der Waals surface area contributed by atoms with Gasteiger partial charge < -0.3 is 10.2 Å². The second-order valence-electron chi connectivity index (χ2n) is 6.35. The fourth-order valence-corrected chi connectivity index (χ4v) is 4.04. The van der Waals surface area contributed by atoms with Crippen LogP contribution in [0.3, 0.4) is 0 Å². The van der Waals surface area contributed by atoms with Gasteiger partial charge in [0.25, 0.3) is 5.69 Å². The number of nitro benzene ring substituents is 1. The Labute approximate surface area is 155 Å². The molecule has 0 unspecified atom stereocenters. The Morgan fingerprint density at radius 1 is 1.29 bits per heavy atom. The van der Waals surface area contributed by atoms with Crippen LogP contribution in [-0.4, -0.2) is 41.9 Å². The number of nitrogens with one attached hydrogen (secondary N) is 1. The molecule has 0 aromatic heterocycles. The SMILES string of the molecule is Cl.O=C(Cc1ccc([N+](=O)[O-])cc1Br)N1CC[C@@H]2CNC[C@@H]2CC1. The van der Waals surface area contributed by atoms with Crippen molar-refractivity contribution in [3.05, 3.63) is 38.3 Å². The van der Waals surface area contributed by atoms with Crippen LogP contribution in [0.15, 0.2) is 22.7 Å². The highest BCUT2D eigenvalue weighted by atomic mass is 79.9. The van der Waals surface area contributed by atoms with Gasteiger partial charge in [0, 0.05) is 29.7 Å². The van der Waals surface area contributed by atoms with Crippen LogP contribution < -0.4 is 5.32 Å². The molecule has 0 bridgehead atoms. The number of benzene rings is 1. The third-order valence-electron chi connectivity index (χ3n) is 4.96. The van der Waals surface area contributed by atoms with Gasteiger partial charge in [-0.15, -0.1) is 12.4 Å². The molecule has 1 aromatic carbocycles. The summed E-state index contributed by atoms with van der Waals surface area (Å²) < 4.78 is 0.621. The van der Waals surface area contributed by atoms with Gasteiger partial charge in [0.05, 0.1) is 11.3 Å². The Bertz CT molecular complexity index is 615. The topological polar surface area (TPSA) is 75.5 Å². The van der Waals surface area contributed by atoms with E-state index in [0.717, 1.165) is 44.6 Å². The highest BCUT2D eigenvalue weighted by Crippen LogP contribution is 2.28. The minimum absolute atomic E-state index is 0. The Balaban J connectivity index is 0.00000208. The number of rotatable bonds is 3. The highest BCUT2D eigenvalue weighted by molar-refractivity contribution is 9.10. The molecule has 1 amide bonds. The number of nitrogens with zero attached hydrogens (tertiary/aromatic N) is 2. The van der Waals surface area contributed by atoms with E-state index >= 15 is 0 Å². The van der Waals surface area contributed by atoms with Gasteiger partial charge in [-0.1, -0.05) is 22.0 Å². The molecule has 2 aliphatic heterocycles. The zero-order valence-electron chi connectivity index (χ0n) is 13.2. The lowest BCUT2D eigenvalue weighted by atomic mass is 9.92. The van der Waals surface area contributed by atoms with Crippen LogP contribution in [0.4, 0.5) is 5.69 Å². The van der Waals surface area contributed by atoms with Crippen molar-refractivity contribution in [3.8, 4) is 0 Å². The fourth-order valence-electron chi connectivity index (χ4n) is 3.54. The maximum atomic E-state index is 12.6. The van der Waals surface area contributed by atoms with Crippen molar-refractivity contribution in [2.45, 2.75) is 19.3 Å². The second kappa shape index (κ2) is 8.27. The lowest BCUT2D eigenvalue weighted by molar-refractivity contribution is -0.384. The molecule has 2 heterocycles. The van der Waals surface area contributed by atoms with Crippen LogP contribution in [0.1, 0.15) is 18.4 Å². The van der Waals surface area contributed by atoms with Crippen LogP contribution in [0, 0.1) is 22.0 Å². The molecule has 0 radical (unpaired) electrons. The molecule has 24 heavy (non-hydrogen) atoms. The smallest absolute Gasteiger partial charge is 0.270 e. The number of amides is 1. The zero-order valence-corrected chi connectivity index (χ0v) is 15.6. The maximum Gasteiger partial charge on any atom is 0.270 e. The summed E-state index contributed by atoms with van der Waals surface area (Å²) in [4.78, 5) is 24.9. The highest BCUT2D eigenvalue weighted by Gasteiger charge is 2.31. The second-order valence-corrected chi connectivity index (χ2v) is 7.20. The monoisotopic (exact) mass is 417 g/mol. The minimum Gasteiger partial charge on any atom is -0.342 e. The third-order valence-corrected chi connectivity index (χ3v) is 5.70. The summed E-state index contributed by atoms with van der Waals surface area (Å²) in [5, 5.41) is 14.2. The number of hydrogen-bond donors (Lipinski definition) is 1. The van der Waals surface area contributed by atoms with E-state index in [1.807, 2.05) is 4.90 Å². The van der Waals surface area contributed by atoms with Crippen molar-refractivity contribution in [3.63, 3.8) is 0 Å². The molecular formula is C16H21BrClN3O3. The van der Waals surface area contributed by atoms with Gasteiger partial charge in [0.1, 0.15) is 0 Å². The molecule has 2 aliphatic rings. The summed E-state index contributed by atoms with van der Waals surface area (Å²) in [5.74, 6) is 1.49. The van der Waals surface area contributed by atoms with Crippen molar-refractivity contribution >= 4 is 39.9 Å². The molecule has 0 aliphatic carbocycles. The molecular weight excluding hydrogens is 398 g/mol. The van der Waals surface area contributed by atoms with E-state index in [1.54, 1.807) is 6.07 Å². The van der Waals surface area contributed by atoms with Crippen LogP contribution in [0.5, 0.6) is 0 Å². The Hall–Kier alpha value is -1.18. The Morgan fingerprint density at radius 3 is 2.46 bits per heavy atom. The Morgan fingerprint density at radius 2 is 1.92 bits per heavy atom. The van der Waals surface area contributed by atoms with Crippen molar-refractivity contribution in [1.82, 2.24) is 10.2 Å². The summed E-state index contributed by atoms with van der Waals surface area (Å²) in [6.07, 6.45) is 2.40. The molecule has 3 rings (SSSR count). The third kappa shape index (κ3) is 4.26. The van der Waals surface area contributed by atoms with E-state index in [9.17, 15) is 14.9 Å². The summed E-state index contributed by atoms with van der Waals surface area (Å²) in [5.41, 5.74) is 0.829. The van der Waals surface area contributed by atoms with Crippen LogP contribution >= 0.6 is 28.3 Å². The number of carbonyl (C=O) groups is 1. The first-order chi connectivity index (χ1) is 11.0. The standard InChI is InChI=1S/C16H20BrN3O3.ClH/c17-15-8-14(20(22)23)2-1-11(15)7-16(21)19-5-3-12-9-18-10-13(12)4-6-19;/h1-2,8,12-13,18H,3-7,9-10H2;1H/t12-,13+;. The largest absolute Gasteiger partial charge is 0.342 e. The molecule has 1 N–H and O–H groups in total. The van der Waals surface area contributed by atoms with E-state index in [2.05, 4.69) is 21.2 Å². The van der Waals surface area contributed by atoms with Crippen LogP contribution in [0.2, 0.25) is 0 Å². The number of hydrogen-bond acceptors (Lipinski definition) is 4. The lowest BCUT2D eigenvalue weighted by Crippen LogP contribution is -2.34. The summed E-state index contributed by atoms with van der Waals surface area (Å²) in [6, 6.07) is 4.57. The fraction of sp³-hybridized carbons (Fsp3) is 0.562. The number of likely N-dealkylation sites (tertiary alicyclic amines) is 1. The molecule has 6 nitrogen and oxygen atoms in total. The van der Waals surface area contributed by atoms with Gasteiger partial charge in [0.15, 0.2) is 0 Å². The van der Waals surface area contributed by atoms with E-state index in [0.29, 0.717) is 16.3 Å². The number of non-ortho nitro benzene ring substituents is 1. The first kappa shape index (κ1) is 19.1. The predicted molar refractivity (Wildman–Crippen MR) is 97.4 cm³/mol. The molecule has 1 aromatic rings. The summed E-state index contributed by atoms with van der Waals surface area (Å²) in [7, 11) is 0. The van der Waals surface area contributed by atoms with Gasteiger partial charge in [-0.25, -0.2) is 0 Å². The maximum absolute atomic E-state index is 12.6. The van der Waals surface area contributed by atoms with Gasteiger partial charge >= 0.3 is 0 Å². The van der Waals surface area contributed by atoms with Gasteiger partial charge in [-0.3, -0.25) is 14.9 Å². The Kier molecular flexibility index (Phi) is 6.60. The van der Waals surface area contributed by atoms with Gasteiger partial charge in [-0.05, 0) is 43.3 Å². The van der Waals surface area contributed by atoms with E-state index in [1.165, 1.54) is 12.1 Å². The summed E-state index contributed by atoms with van der Waals surface area (Å²) >= 11 is 3.34. The molecule has 132 valence electrons. The summed E-state index contributed by atoms with van der Waals surface area (Å²) in [6.45, 7) is 3.76. The van der Waals surface area contributed by atoms with Gasteiger partial charge in [0.2, 0.25) is 5.91 Å². The zero-order chi connectivity index (χ0) is 16.4. The molecule has 0 spiro atoms. The van der Waals surface area contributed by atoms with Crippen LogP contribution in [0.25, 0.3) is 0 Å². The van der Waals surface area contributed by atoms with Crippen molar-refractivity contribution in [1.29, 1.82) is 0 Å². The van der Waals surface area contributed by atoms with Crippen molar-refractivity contribution in [2.75, 3.05) is 26.2 Å². The van der Waals surface area contributed by atoms with Crippen molar-refractivity contribution in [2.24, 2.45) is 11.8 Å². The van der Waals surface area contributed by atoms with Crippen LogP contribution in [-0.2, 0) is 11.2 Å². The average molecular weight is 419 g/mol. The average Bonchev–Trinajstić information content (AvgIpc) is 2.87. The van der Waals surface area contributed by atoms with E-state index in [4.69, 9.17) is 0 Å². The number of halogens is 2.